The van der Waals surface area contributed by atoms with Crippen LogP contribution in [0.2, 0.25) is 0 Å². The van der Waals surface area contributed by atoms with Crippen molar-refractivity contribution in [3.63, 3.8) is 0 Å². The van der Waals surface area contributed by atoms with Crippen molar-refractivity contribution in [1.82, 2.24) is 10.2 Å². The molecule has 16 heavy (non-hydrogen) atoms. The quantitative estimate of drug-likeness (QED) is 0.662. The highest BCUT2D eigenvalue weighted by atomic mass is 19.3. The maximum Gasteiger partial charge on any atom is 0.251 e. The van der Waals surface area contributed by atoms with E-state index >= 15 is 0 Å². The van der Waals surface area contributed by atoms with Crippen molar-refractivity contribution < 1.29 is 8.78 Å². The van der Waals surface area contributed by atoms with E-state index in [9.17, 15) is 8.78 Å². The topological polar surface area (TPSA) is 15.3 Å². The second kappa shape index (κ2) is 8.88. The van der Waals surface area contributed by atoms with Gasteiger partial charge in [0.05, 0.1) is 6.54 Å². The zero-order valence-electron chi connectivity index (χ0n) is 11.0. The molecule has 0 rings (SSSR count). The number of likely N-dealkylation sites (N-methyl/N-ethyl adjacent to an activating group) is 1. The molecule has 1 atom stereocenters. The van der Waals surface area contributed by atoms with Gasteiger partial charge >= 0.3 is 0 Å². The van der Waals surface area contributed by atoms with Gasteiger partial charge in [-0.1, -0.05) is 13.8 Å². The molecule has 0 spiro atoms. The molecule has 0 aliphatic rings. The normalized spacial score (nSPS) is 14.1. The van der Waals surface area contributed by atoms with Gasteiger partial charge in [-0.25, -0.2) is 8.78 Å². The molecule has 0 aromatic rings. The van der Waals surface area contributed by atoms with Crippen LogP contribution in [0.3, 0.4) is 0 Å². The van der Waals surface area contributed by atoms with Gasteiger partial charge in [0.25, 0.3) is 6.43 Å². The first-order chi connectivity index (χ1) is 7.41. The second-order valence-electron chi connectivity index (χ2n) is 4.98. The van der Waals surface area contributed by atoms with Gasteiger partial charge < -0.3 is 5.32 Å². The third-order valence-electron chi connectivity index (χ3n) is 2.61. The van der Waals surface area contributed by atoms with Gasteiger partial charge in [-0.2, -0.15) is 0 Å². The molecule has 0 saturated heterocycles. The minimum atomic E-state index is -2.23. The first kappa shape index (κ1) is 15.8. The Labute approximate surface area is 98.4 Å². The van der Waals surface area contributed by atoms with Crippen molar-refractivity contribution in [1.29, 1.82) is 0 Å². The lowest BCUT2D eigenvalue weighted by Crippen LogP contribution is -2.36. The molecule has 0 aliphatic heterocycles. The molecule has 0 aromatic heterocycles. The van der Waals surface area contributed by atoms with Crippen LogP contribution in [0.5, 0.6) is 0 Å². The van der Waals surface area contributed by atoms with E-state index in [0.29, 0.717) is 12.6 Å². The maximum absolute atomic E-state index is 12.0. The van der Waals surface area contributed by atoms with E-state index in [2.05, 4.69) is 26.1 Å². The molecule has 0 amide bonds. The molecule has 2 nitrogen and oxygen atoms in total. The van der Waals surface area contributed by atoms with Gasteiger partial charge in [-0.15, -0.1) is 0 Å². The third-order valence-corrected chi connectivity index (χ3v) is 2.61. The molecular formula is C12H26F2N2. The van der Waals surface area contributed by atoms with Gasteiger partial charge in [0.2, 0.25) is 0 Å². The van der Waals surface area contributed by atoms with Crippen molar-refractivity contribution in [3.05, 3.63) is 0 Å². The summed E-state index contributed by atoms with van der Waals surface area (Å²) in [5.74, 6) is 0.728. The van der Waals surface area contributed by atoms with Crippen LogP contribution in [0.1, 0.15) is 33.6 Å². The van der Waals surface area contributed by atoms with Crippen LogP contribution in [0, 0.1) is 5.92 Å². The Morgan fingerprint density at radius 2 is 1.75 bits per heavy atom. The van der Waals surface area contributed by atoms with E-state index in [-0.39, 0.29) is 6.54 Å². The molecule has 0 aromatic carbocycles. The fraction of sp³-hybridized carbons (Fsp3) is 1.00. The average molecular weight is 236 g/mol. The van der Waals surface area contributed by atoms with Gasteiger partial charge in [0, 0.05) is 19.1 Å². The summed E-state index contributed by atoms with van der Waals surface area (Å²) in [5, 5.41) is 3.36. The summed E-state index contributed by atoms with van der Waals surface area (Å²) in [6.07, 6.45) is 0.125. The first-order valence-electron chi connectivity index (χ1n) is 6.12. The van der Waals surface area contributed by atoms with Gasteiger partial charge in [0.1, 0.15) is 0 Å². The predicted molar refractivity (Wildman–Crippen MR) is 65.0 cm³/mol. The van der Waals surface area contributed by atoms with Crippen LogP contribution < -0.4 is 5.32 Å². The van der Waals surface area contributed by atoms with Crippen LogP contribution in [-0.2, 0) is 0 Å². The molecule has 0 aliphatic carbocycles. The number of nitrogens with zero attached hydrogens (tertiary/aromatic N) is 1. The summed E-state index contributed by atoms with van der Waals surface area (Å²) in [5.41, 5.74) is 0. The molecule has 0 radical (unpaired) electrons. The number of hydrogen-bond acceptors (Lipinski definition) is 2. The maximum atomic E-state index is 12.0. The number of halogens is 2. The Kier molecular flexibility index (Phi) is 8.76. The summed E-state index contributed by atoms with van der Waals surface area (Å²) in [6, 6.07) is 0.474. The fourth-order valence-corrected chi connectivity index (χ4v) is 1.51. The summed E-state index contributed by atoms with van der Waals surface area (Å²) in [6.45, 7) is 7.89. The second-order valence-corrected chi connectivity index (χ2v) is 4.98. The molecule has 1 N–H and O–H groups in total. The summed E-state index contributed by atoms with van der Waals surface area (Å²) in [4.78, 5) is 1.66. The van der Waals surface area contributed by atoms with Crippen LogP contribution in [0.15, 0.2) is 0 Å². The van der Waals surface area contributed by atoms with E-state index in [1.165, 1.54) is 6.42 Å². The molecule has 0 saturated carbocycles. The Bertz CT molecular complexity index is 163. The van der Waals surface area contributed by atoms with Crippen LogP contribution >= 0.6 is 0 Å². The van der Waals surface area contributed by atoms with E-state index < -0.39 is 6.43 Å². The highest BCUT2D eigenvalue weighted by Crippen LogP contribution is 2.06. The Morgan fingerprint density at radius 1 is 1.12 bits per heavy atom. The molecule has 98 valence electrons. The van der Waals surface area contributed by atoms with E-state index in [1.54, 1.807) is 11.9 Å². The van der Waals surface area contributed by atoms with Gasteiger partial charge in [0.15, 0.2) is 0 Å². The number of alkyl halides is 2. The lowest BCUT2D eigenvalue weighted by atomic mass is 10.0. The molecular weight excluding hydrogens is 210 g/mol. The van der Waals surface area contributed by atoms with Gasteiger partial charge in [-0.05, 0) is 32.7 Å². The molecule has 0 bridgehead atoms. The predicted octanol–water partition coefficient (Wildman–Crippen LogP) is 2.60. The van der Waals surface area contributed by atoms with Crippen molar-refractivity contribution in [3.8, 4) is 0 Å². The van der Waals surface area contributed by atoms with Crippen molar-refractivity contribution in [2.24, 2.45) is 5.92 Å². The molecule has 1 unspecified atom stereocenters. The lowest BCUT2D eigenvalue weighted by molar-refractivity contribution is 0.100. The highest BCUT2D eigenvalue weighted by Gasteiger charge is 2.08. The Morgan fingerprint density at radius 3 is 2.25 bits per heavy atom. The van der Waals surface area contributed by atoms with Crippen molar-refractivity contribution in [2.75, 3.05) is 26.7 Å². The summed E-state index contributed by atoms with van der Waals surface area (Å²) in [7, 11) is 1.73. The Balaban J connectivity index is 3.42. The zero-order valence-corrected chi connectivity index (χ0v) is 11.0. The number of nitrogens with one attached hydrogen (secondary N) is 1. The zero-order chi connectivity index (χ0) is 12.6. The van der Waals surface area contributed by atoms with E-state index in [0.717, 1.165) is 18.9 Å². The van der Waals surface area contributed by atoms with Crippen molar-refractivity contribution in [2.45, 2.75) is 46.1 Å². The minimum absolute atomic E-state index is 0.137. The average Bonchev–Trinajstić information content (AvgIpc) is 2.13. The smallest absolute Gasteiger partial charge is 0.251 e. The SMILES string of the molecule is CC(C)CCC(C)NCCN(C)CC(F)F. The minimum Gasteiger partial charge on any atom is -0.313 e. The number of rotatable bonds is 9. The molecule has 0 fully saturated rings. The van der Waals surface area contributed by atoms with Gasteiger partial charge in [-0.3, -0.25) is 4.90 Å². The molecule has 4 heteroatoms. The summed E-state index contributed by atoms with van der Waals surface area (Å²) >= 11 is 0. The Hall–Kier alpha value is -0.220. The highest BCUT2D eigenvalue weighted by molar-refractivity contribution is 4.63. The van der Waals surface area contributed by atoms with E-state index in [4.69, 9.17) is 0 Å². The monoisotopic (exact) mass is 236 g/mol. The van der Waals surface area contributed by atoms with Crippen LogP contribution in [0.25, 0.3) is 0 Å². The lowest BCUT2D eigenvalue weighted by Gasteiger charge is -2.19. The van der Waals surface area contributed by atoms with Crippen LogP contribution in [-0.4, -0.2) is 44.0 Å². The molecule has 0 heterocycles. The van der Waals surface area contributed by atoms with E-state index in [1.807, 2.05) is 0 Å². The standard InChI is InChI=1S/C12H26F2N2/c1-10(2)5-6-11(3)15-7-8-16(4)9-12(13)14/h10-12,15H,5-9H2,1-4H3. The van der Waals surface area contributed by atoms with Crippen molar-refractivity contribution >= 4 is 0 Å². The summed E-state index contributed by atoms with van der Waals surface area (Å²) < 4.78 is 24.0. The first-order valence-corrected chi connectivity index (χ1v) is 6.12. The van der Waals surface area contributed by atoms with Crippen LogP contribution in [0.4, 0.5) is 8.78 Å². The fourth-order valence-electron chi connectivity index (χ4n) is 1.51. The largest absolute Gasteiger partial charge is 0.313 e. The third kappa shape index (κ3) is 10.3. The number of hydrogen-bond donors (Lipinski definition) is 1.